The third-order valence-corrected chi connectivity index (χ3v) is 3.93. The summed E-state index contributed by atoms with van der Waals surface area (Å²) in [4.78, 5) is 23.4. The first kappa shape index (κ1) is 18.3. The lowest BCUT2D eigenvalue weighted by molar-refractivity contribution is -0.130. The van der Waals surface area contributed by atoms with Gasteiger partial charge in [-0.2, -0.15) is 0 Å². The molecule has 126 valence electrons. The maximum atomic E-state index is 11.7. The first-order valence-corrected chi connectivity index (χ1v) is 8.41. The standard InChI is InChI=1S/C17H16BrClN2O3/c18-14-10-13(19)7-8-15(14)24-11-17(23)21-20-16(22)9-6-12-4-2-1-3-5-12/h1-5,7-8,10H,6,9,11H2,(H,20,22)(H,21,23). The van der Waals surface area contributed by atoms with Crippen LogP contribution in [0.2, 0.25) is 5.02 Å². The molecule has 0 saturated heterocycles. The molecule has 0 heterocycles. The van der Waals surface area contributed by atoms with Crippen molar-refractivity contribution >= 4 is 39.3 Å². The number of aryl methyl sites for hydroxylation is 1. The first-order valence-electron chi connectivity index (χ1n) is 7.24. The van der Waals surface area contributed by atoms with E-state index in [1.165, 1.54) is 0 Å². The van der Waals surface area contributed by atoms with Crippen molar-refractivity contribution in [2.75, 3.05) is 6.61 Å². The van der Waals surface area contributed by atoms with Gasteiger partial charge >= 0.3 is 0 Å². The lowest BCUT2D eigenvalue weighted by Gasteiger charge is -2.10. The number of halogens is 2. The summed E-state index contributed by atoms with van der Waals surface area (Å²) < 4.78 is 5.99. The topological polar surface area (TPSA) is 67.4 Å². The molecule has 0 atom stereocenters. The maximum Gasteiger partial charge on any atom is 0.276 e. The zero-order chi connectivity index (χ0) is 17.4. The Kier molecular flexibility index (Phi) is 7.08. The van der Waals surface area contributed by atoms with Gasteiger partial charge in [-0.15, -0.1) is 0 Å². The Hall–Kier alpha value is -2.05. The zero-order valence-electron chi connectivity index (χ0n) is 12.7. The minimum atomic E-state index is -0.454. The predicted octanol–water partition coefficient (Wildman–Crippen LogP) is 3.26. The molecule has 0 saturated carbocycles. The van der Waals surface area contributed by atoms with Gasteiger partial charge in [-0.1, -0.05) is 41.9 Å². The predicted molar refractivity (Wildman–Crippen MR) is 95.7 cm³/mol. The van der Waals surface area contributed by atoms with Crippen molar-refractivity contribution in [1.29, 1.82) is 0 Å². The number of hydrazine groups is 1. The average molecular weight is 412 g/mol. The smallest absolute Gasteiger partial charge is 0.276 e. The Balaban J connectivity index is 1.68. The molecule has 2 aromatic rings. The highest BCUT2D eigenvalue weighted by molar-refractivity contribution is 9.10. The van der Waals surface area contributed by atoms with E-state index in [4.69, 9.17) is 16.3 Å². The van der Waals surface area contributed by atoms with Gasteiger partial charge in [0.1, 0.15) is 5.75 Å². The van der Waals surface area contributed by atoms with E-state index in [1.807, 2.05) is 30.3 Å². The zero-order valence-corrected chi connectivity index (χ0v) is 15.1. The van der Waals surface area contributed by atoms with Crippen LogP contribution in [0.25, 0.3) is 0 Å². The van der Waals surface area contributed by atoms with Crippen LogP contribution in [0.4, 0.5) is 0 Å². The normalized spacial score (nSPS) is 10.1. The van der Waals surface area contributed by atoms with Crippen molar-refractivity contribution in [3.05, 3.63) is 63.6 Å². The molecule has 0 aliphatic heterocycles. The number of hydrogen-bond acceptors (Lipinski definition) is 3. The van der Waals surface area contributed by atoms with Crippen LogP contribution < -0.4 is 15.6 Å². The van der Waals surface area contributed by atoms with Crippen LogP contribution in [-0.2, 0) is 16.0 Å². The molecule has 0 aromatic heterocycles. The second-order valence-electron chi connectivity index (χ2n) is 4.95. The molecule has 7 heteroatoms. The maximum absolute atomic E-state index is 11.7. The number of carbonyl (C=O) groups is 2. The van der Waals surface area contributed by atoms with Gasteiger partial charge in [0, 0.05) is 11.4 Å². The molecule has 0 spiro atoms. The SMILES string of the molecule is O=C(CCc1ccccc1)NNC(=O)COc1ccc(Cl)cc1Br. The molecule has 0 aliphatic carbocycles. The number of rotatable bonds is 6. The van der Waals surface area contributed by atoms with Gasteiger partial charge in [-0.3, -0.25) is 20.4 Å². The van der Waals surface area contributed by atoms with Crippen molar-refractivity contribution in [2.24, 2.45) is 0 Å². The second-order valence-corrected chi connectivity index (χ2v) is 6.24. The van der Waals surface area contributed by atoms with E-state index in [-0.39, 0.29) is 18.9 Å². The van der Waals surface area contributed by atoms with E-state index < -0.39 is 5.91 Å². The summed E-state index contributed by atoms with van der Waals surface area (Å²) in [5.41, 5.74) is 5.74. The van der Waals surface area contributed by atoms with E-state index >= 15 is 0 Å². The van der Waals surface area contributed by atoms with Crippen LogP contribution >= 0.6 is 27.5 Å². The fourth-order valence-corrected chi connectivity index (χ4v) is 2.67. The van der Waals surface area contributed by atoms with Gasteiger partial charge in [0.15, 0.2) is 6.61 Å². The number of amides is 2. The van der Waals surface area contributed by atoms with Crippen LogP contribution in [0.5, 0.6) is 5.75 Å². The average Bonchev–Trinajstić information content (AvgIpc) is 2.58. The lowest BCUT2D eigenvalue weighted by Crippen LogP contribution is -2.43. The highest BCUT2D eigenvalue weighted by Gasteiger charge is 2.08. The van der Waals surface area contributed by atoms with Crippen LogP contribution in [0.3, 0.4) is 0 Å². The fourth-order valence-electron chi connectivity index (χ4n) is 1.88. The van der Waals surface area contributed by atoms with E-state index in [9.17, 15) is 9.59 Å². The number of ether oxygens (including phenoxy) is 1. The summed E-state index contributed by atoms with van der Waals surface area (Å²) in [5, 5.41) is 0.560. The Bertz CT molecular complexity index is 710. The highest BCUT2D eigenvalue weighted by Crippen LogP contribution is 2.27. The second kappa shape index (κ2) is 9.30. The minimum absolute atomic E-state index is 0.223. The van der Waals surface area contributed by atoms with Crippen molar-refractivity contribution in [1.82, 2.24) is 10.9 Å². The largest absolute Gasteiger partial charge is 0.483 e. The fraction of sp³-hybridized carbons (Fsp3) is 0.176. The van der Waals surface area contributed by atoms with Crippen molar-refractivity contribution in [3.63, 3.8) is 0 Å². The number of benzene rings is 2. The van der Waals surface area contributed by atoms with Gasteiger partial charge in [-0.25, -0.2) is 0 Å². The van der Waals surface area contributed by atoms with E-state index in [2.05, 4.69) is 26.8 Å². The van der Waals surface area contributed by atoms with Gasteiger partial charge in [-0.05, 0) is 46.1 Å². The molecule has 0 bridgehead atoms. The summed E-state index contributed by atoms with van der Waals surface area (Å²) >= 11 is 9.12. The molecule has 2 aromatic carbocycles. The van der Waals surface area contributed by atoms with Gasteiger partial charge in [0.05, 0.1) is 4.47 Å². The van der Waals surface area contributed by atoms with E-state index in [1.54, 1.807) is 18.2 Å². The molecule has 2 rings (SSSR count). The summed E-state index contributed by atoms with van der Waals surface area (Å²) in [7, 11) is 0. The Labute approximate surface area is 153 Å². The molecule has 5 nitrogen and oxygen atoms in total. The van der Waals surface area contributed by atoms with Gasteiger partial charge < -0.3 is 4.74 Å². The molecule has 2 amide bonds. The number of carbonyl (C=O) groups excluding carboxylic acids is 2. The van der Waals surface area contributed by atoms with Gasteiger partial charge in [0.2, 0.25) is 5.91 Å². The van der Waals surface area contributed by atoms with Crippen LogP contribution in [-0.4, -0.2) is 18.4 Å². The van der Waals surface area contributed by atoms with E-state index in [0.29, 0.717) is 21.7 Å². The Morgan fingerprint density at radius 2 is 1.75 bits per heavy atom. The number of nitrogens with one attached hydrogen (secondary N) is 2. The molecule has 0 aliphatic rings. The quantitative estimate of drug-likeness (QED) is 0.717. The van der Waals surface area contributed by atoms with Crippen molar-refractivity contribution in [2.45, 2.75) is 12.8 Å². The van der Waals surface area contributed by atoms with E-state index in [0.717, 1.165) is 5.56 Å². The highest BCUT2D eigenvalue weighted by atomic mass is 79.9. The van der Waals surface area contributed by atoms with Crippen LogP contribution in [0, 0.1) is 0 Å². The Morgan fingerprint density at radius 1 is 1.04 bits per heavy atom. The molecule has 24 heavy (non-hydrogen) atoms. The molecular formula is C17H16BrClN2O3. The Morgan fingerprint density at radius 3 is 2.46 bits per heavy atom. The molecule has 0 radical (unpaired) electrons. The molecule has 2 N–H and O–H groups in total. The van der Waals surface area contributed by atoms with Crippen molar-refractivity contribution in [3.8, 4) is 5.75 Å². The third-order valence-electron chi connectivity index (χ3n) is 3.08. The van der Waals surface area contributed by atoms with Crippen molar-refractivity contribution < 1.29 is 14.3 Å². The van der Waals surface area contributed by atoms with Crippen LogP contribution in [0.15, 0.2) is 53.0 Å². The summed E-state index contributed by atoms with van der Waals surface area (Å²) in [6, 6.07) is 14.6. The lowest BCUT2D eigenvalue weighted by atomic mass is 10.1. The summed E-state index contributed by atoms with van der Waals surface area (Å²) in [6.07, 6.45) is 0.894. The number of hydrogen-bond donors (Lipinski definition) is 2. The molecule has 0 fully saturated rings. The summed E-state index contributed by atoms with van der Waals surface area (Å²) in [6.45, 7) is -0.223. The monoisotopic (exact) mass is 410 g/mol. The first-order chi connectivity index (χ1) is 11.5. The molecule has 0 unspecified atom stereocenters. The van der Waals surface area contributed by atoms with Gasteiger partial charge in [0.25, 0.3) is 5.91 Å². The molecular weight excluding hydrogens is 396 g/mol. The van der Waals surface area contributed by atoms with Crippen LogP contribution in [0.1, 0.15) is 12.0 Å². The third kappa shape index (κ3) is 6.22. The summed E-state index contributed by atoms with van der Waals surface area (Å²) in [5.74, 6) is -0.227. The minimum Gasteiger partial charge on any atom is -0.483 e.